The van der Waals surface area contributed by atoms with Crippen LogP contribution in [0.4, 0.5) is 0 Å². The molecule has 0 saturated heterocycles. The van der Waals surface area contributed by atoms with Gasteiger partial charge in [-0.05, 0) is 42.7 Å². The maximum atomic E-state index is 12.7. The molecule has 0 spiro atoms. The molecule has 0 fully saturated rings. The van der Waals surface area contributed by atoms with Crippen molar-refractivity contribution in [1.29, 1.82) is 0 Å². The smallest absolute Gasteiger partial charge is 0.243 e. The van der Waals surface area contributed by atoms with Crippen LogP contribution in [0, 0.1) is 4.77 Å². The molecule has 1 unspecified atom stereocenters. The van der Waals surface area contributed by atoms with Crippen molar-refractivity contribution in [3.05, 3.63) is 57.5 Å². The number of halogens is 1. The van der Waals surface area contributed by atoms with Crippen LogP contribution in [0.2, 0.25) is 5.02 Å². The molecular weight excluding hydrogens is 404 g/mol. The lowest BCUT2D eigenvalue weighted by Gasteiger charge is -2.14. The molecule has 10 heteroatoms. The van der Waals surface area contributed by atoms with Crippen molar-refractivity contribution in [1.82, 2.24) is 29.5 Å². The summed E-state index contributed by atoms with van der Waals surface area (Å²) in [5.41, 5.74) is 1.51. The molecule has 138 valence electrons. The first-order valence-electron chi connectivity index (χ1n) is 8.14. The van der Waals surface area contributed by atoms with Gasteiger partial charge in [0, 0.05) is 12.4 Å². The Morgan fingerprint density at radius 3 is 3.04 bits per heavy atom. The first-order valence-corrected chi connectivity index (χ1v) is 9.81. The van der Waals surface area contributed by atoms with Crippen LogP contribution in [0.1, 0.15) is 18.7 Å². The first kappa shape index (κ1) is 17.9. The molecular formula is C17H15ClN6OS2. The van der Waals surface area contributed by atoms with Gasteiger partial charge in [0.15, 0.2) is 10.6 Å². The van der Waals surface area contributed by atoms with E-state index in [1.54, 1.807) is 35.1 Å². The quantitative estimate of drug-likeness (QED) is 0.482. The molecule has 4 aromatic rings. The zero-order valence-electron chi connectivity index (χ0n) is 14.2. The molecule has 27 heavy (non-hydrogen) atoms. The van der Waals surface area contributed by atoms with Gasteiger partial charge in [-0.3, -0.25) is 14.5 Å². The highest BCUT2D eigenvalue weighted by molar-refractivity contribution is 7.71. The van der Waals surface area contributed by atoms with Crippen LogP contribution >= 0.6 is 35.2 Å². The lowest BCUT2D eigenvalue weighted by atomic mass is 10.3. The molecule has 1 atom stereocenters. The zero-order valence-corrected chi connectivity index (χ0v) is 16.6. The number of carbonyl (C=O) groups is 1. The fourth-order valence-electron chi connectivity index (χ4n) is 2.79. The average molecular weight is 419 g/mol. The van der Waals surface area contributed by atoms with Crippen LogP contribution in [0.15, 0.2) is 42.0 Å². The van der Waals surface area contributed by atoms with Crippen molar-refractivity contribution in [3.8, 4) is 10.7 Å². The minimum absolute atomic E-state index is 0.166. The van der Waals surface area contributed by atoms with Gasteiger partial charge in [0.05, 0.1) is 22.1 Å². The fraction of sp³-hybridized carbons (Fsp3) is 0.176. The average Bonchev–Trinajstić information content (AvgIpc) is 3.37. The predicted octanol–water partition coefficient (Wildman–Crippen LogP) is 3.85. The van der Waals surface area contributed by atoms with Crippen molar-refractivity contribution < 1.29 is 4.79 Å². The minimum Gasteiger partial charge on any atom is -0.349 e. The molecule has 0 aliphatic heterocycles. The van der Waals surface area contributed by atoms with Gasteiger partial charge >= 0.3 is 0 Å². The molecule has 0 radical (unpaired) electrons. The number of aromatic amines is 1. The Labute approximate surface area is 168 Å². The van der Waals surface area contributed by atoms with E-state index in [1.165, 1.54) is 0 Å². The summed E-state index contributed by atoms with van der Waals surface area (Å²) >= 11 is 12.8. The van der Waals surface area contributed by atoms with Crippen molar-refractivity contribution in [2.24, 2.45) is 0 Å². The lowest BCUT2D eigenvalue weighted by Crippen LogP contribution is -2.31. The Balaban J connectivity index is 1.51. The van der Waals surface area contributed by atoms with E-state index in [-0.39, 0.29) is 5.91 Å². The van der Waals surface area contributed by atoms with Crippen LogP contribution < -0.4 is 5.32 Å². The molecule has 4 rings (SSSR count). The molecule has 0 bridgehead atoms. The SMILES string of the molecule is CC(C(=O)NCc1cn2cc(Cl)ccc2n1)n1c(-c2cccs2)n[nH]c1=S. The largest absolute Gasteiger partial charge is 0.349 e. The van der Waals surface area contributed by atoms with Crippen LogP contribution in [0.5, 0.6) is 0 Å². The highest BCUT2D eigenvalue weighted by Gasteiger charge is 2.21. The third-order valence-electron chi connectivity index (χ3n) is 4.12. The summed E-state index contributed by atoms with van der Waals surface area (Å²) in [6.07, 6.45) is 3.61. The van der Waals surface area contributed by atoms with E-state index >= 15 is 0 Å². The number of hydrogen-bond acceptors (Lipinski definition) is 5. The summed E-state index contributed by atoms with van der Waals surface area (Å²) < 4.78 is 3.96. The minimum atomic E-state index is -0.514. The van der Waals surface area contributed by atoms with Gasteiger partial charge in [0.2, 0.25) is 5.91 Å². The number of H-pyrrole nitrogens is 1. The molecule has 0 aliphatic carbocycles. The maximum absolute atomic E-state index is 12.7. The second-order valence-electron chi connectivity index (χ2n) is 5.94. The lowest BCUT2D eigenvalue weighted by molar-refractivity contribution is -0.124. The van der Waals surface area contributed by atoms with E-state index in [0.29, 0.717) is 22.2 Å². The predicted molar refractivity (Wildman–Crippen MR) is 107 cm³/mol. The highest BCUT2D eigenvalue weighted by Crippen LogP contribution is 2.25. The van der Waals surface area contributed by atoms with Crippen molar-refractivity contribution in [2.75, 3.05) is 0 Å². The number of amides is 1. The first-order chi connectivity index (χ1) is 13.0. The molecule has 4 aromatic heterocycles. The van der Waals surface area contributed by atoms with E-state index < -0.39 is 6.04 Å². The summed E-state index contributed by atoms with van der Waals surface area (Å²) in [4.78, 5) is 18.1. The van der Waals surface area contributed by atoms with Gasteiger partial charge in [0.1, 0.15) is 11.7 Å². The third kappa shape index (κ3) is 3.53. The van der Waals surface area contributed by atoms with Crippen LogP contribution in [0.3, 0.4) is 0 Å². The summed E-state index contributed by atoms with van der Waals surface area (Å²) in [5, 5.41) is 12.5. The van der Waals surface area contributed by atoms with Crippen molar-refractivity contribution in [2.45, 2.75) is 19.5 Å². The summed E-state index contributed by atoms with van der Waals surface area (Å²) in [5.74, 6) is 0.486. The highest BCUT2D eigenvalue weighted by atomic mass is 35.5. The Bertz CT molecular complexity index is 1160. The number of imidazole rings is 1. The molecule has 1 amide bonds. The van der Waals surface area contributed by atoms with Gasteiger partial charge < -0.3 is 9.72 Å². The van der Waals surface area contributed by atoms with Gasteiger partial charge in [-0.2, -0.15) is 5.10 Å². The second kappa shape index (κ2) is 7.26. The van der Waals surface area contributed by atoms with E-state index in [9.17, 15) is 4.79 Å². The summed E-state index contributed by atoms with van der Waals surface area (Å²) in [6, 6.07) is 6.97. The molecule has 4 heterocycles. The maximum Gasteiger partial charge on any atom is 0.243 e. The fourth-order valence-corrected chi connectivity index (χ4v) is 3.96. The number of thiophene rings is 1. The van der Waals surface area contributed by atoms with E-state index in [0.717, 1.165) is 16.2 Å². The Morgan fingerprint density at radius 2 is 2.26 bits per heavy atom. The number of fused-ring (bicyclic) bond motifs is 1. The van der Waals surface area contributed by atoms with Gasteiger partial charge in [0.25, 0.3) is 0 Å². The Hall–Kier alpha value is -2.49. The standard InChI is InChI=1S/C17H15ClN6OS2/c1-10(24-15(21-22-17(24)26)13-3-2-6-27-13)16(25)19-7-12-9-23-8-11(18)4-5-14(23)20-12/h2-6,8-10H,7H2,1H3,(H,19,25)(H,22,26). The number of aromatic nitrogens is 5. The molecule has 7 nitrogen and oxygen atoms in total. The monoisotopic (exact) mass is 418 g/mol. The zero-order chi connectivity index (χ0) is 19.0. The number of pyridine rings is 1. The van der Waals surface area contributed by atoms with Crippen LogP contribution in [-0.4, -0.2) is 30.1 Å². The molecule has 0 aromatic carbocycles. The molecule has 0 aliphatic rings. The Kier molecular flexibility index (Phi) is 4.81. The molecule has 2 N–H and O–H groups in total. The summed E-state index contributed by atoms with van der Waals surface area (Å²) in [6.45, 7) is 2.10. The van der Waals surface area contributed by atoms with E-state index in [4.69, 9.17) is 23.8 Å². The Morgan fingerprint density at radius 1 is 1.41 bits per heavy atom. The number of hydrogen-bond donors (Lipinski definition) is 2. The number of nitrogens with one attached hydrogen (secondary N) is 2. The topological polar surface area (TPSA) is 80.0 Å². The van der Waals surface area contributed by atoms with Crippen LogP contribution in [0.25, 0.3) is 16.3 Å². The number of nitrogens with zero attached hydrogens (tertiary/aromatic N) is 4. The van der Waals surface area contributed by atoms with Gasteiger partial charge in [-0.25, -0.2) is 4.98 Å². The van der Waals surface area contributed by atoms with Crippen molar-refractivity contribution >= 4 is 46.7 Å². The normalized spacial score (nSPS) is 12.4. The van der Waals surface area contributed by atoms with Gasteiger partial charge in [-0.1, -0.05) is 17.7 Å². The number of carbonyl (C=O) groups excluding carboxylic acids is 1. The van der Waals surface area contributed by atoms with Crippen LogP contribution in [-0.2, 0) is 11.3 Å². The summed E-state index contributed by atoms with van der Waals surface area (Å²) in [7, 11) is 0. The second-order valence-corrected chi connectivity index (χ2v) is 7.71. The number of rotatable bonds is 5. The van der Waals surface area contributed by atoms with E-state index in [1.807, 2.05) is 34.2 Å². The third-order valence-corrected chi connectivity index (χ3v) is 5.50. The van der Waals surface area contributed by atoms with E-state index in [2.05, 4.69) is 20.5 Å². The van der Waals surface area contributed by atoms with Gasteiger partial charge in [-0.15, -0.1) is 11.3 Å². The van der Waals surface area contributed by atoms with Crippen molar-refractivity contribution in [3.63, 3.8) is 0 Å². The molecule has 0 saturated carbocycles.